The fourth-order valence-electron chi connectivity index (χ4n) is 2.84. The Kier molecular flexibility index (Phi) is 4.61. The smallest absolute Gasteiger partial charge is 0.313 e. The first-order valence-electron chi connectivity index (χ1n) is 8.51. The van der Waals surface area contributed by atoms with Crippen LogP contribution < -0.4 is 0 Å². The number of furan rings is 2. The largest absolute Gasteiger partial charge is 0.481 e. The number of aliphatic carboxylic acids is 1. The van der Waals surface area contributed by atoms with Gasteiger partial charge in [-0.1, -0.05) is 18.7 Å². The Labute approximate surface area is 159 Å². The summed E-state index contributed by atoms with van der Waals surface area (Å²) < 4.78 is 12.7. The second-order valence-corrected chi connectivity index (χ2v) is 7.44. The van der Waals surface area contributed by atoms with Gasteiger partial charge in [0, 0.05) is 5.92 Å². The van der Waals surface area contributed by atoms with E-state index < -0.39 is 5.97 Å². The van der Waals surface area contributed by atoms with Gasteiger partial charge in [-0.3, -0.25) is 4.79 Å². The van der Waals surface area contributed by atoms with Gasteiger partial charge in [0.2, 0.25) is 5.16 Å². The van der Waals surface area contributed by atoms with E-state index in [1.165, 1.54) is 4.68 Å². The normalized spacial score (nSPS) is 19.0. The van der Waals surface area contributed by atoms with Crippen molar-refractivity contribution in [2.24, 2.45) is 11.0 Å². The molecule has 0 unspecified atom stereocenters. The third-order valence-electron chi connectivity index (χ3n) is 4.46. The number of carboxylic acid groups (broad SMARTS) is 1. The molecule has 140 valence electrons. The molecule has 1 aliphatic rings. The molecule has 3 heterocycles. The first-order valence-corrected chi connectivity index (χ1v) is 9.50. The molecule has 8 nitrogen and oxygen atoms in total. The number of nitrogens with zero attached hydrogens (tertiary/aromatic N) is 4. The number of rotatable bonds is 7. The van der Waals surface area contributed by atoms with Gasteiger partial charge in [-0.25, -0.2) is 0 Å². The summed E-state index contributed by atoms with van der Waals surface area (Å²) in [4.78, 5) is 10.9. The van der Waals surface area contributed by atoms with E-state index in [2.05, 4.69) is 22.2 Å². The summed E-state index contributed by atoms with van der Waals surface area (Å²) in [5.41, 5.74) is 0.744. The van der Waals surface area contributed by atoms with E-state index in [4.69, 9.17) is 13.9 Å². The zero-order valence-electron chi connectivity index (χ0n) is 14.8. The highest BCUT2D eigenvalue weighted by Crippen LogP contribution is 2.47. The van der Waals surface area contributed by atoms with E-state index in [9.17, 15) is 4.79 Å². The van der Waals surface area contributed by atoms with E-state index in [-0.39, 0.29) is 5.75 Å². The number of carboxylic acids is 1. The Morgan fingerprint density at radius 1 is 1.44 bits per heavy atom. The summed E-state index contributed by atoms with van der Waals surface area (Å²) in [5, 5.41) is 22.0. The van der Waals surface area contributed by atoms with Crippen molar-refractivity contribution in [2.75, 3.05) is 5.75 Å². The molecule has 4 rings (SSSR count). The third kappa shape index (κ3) is 3.68. The van der Waals surface area contributed by atoms with Crippen molar-refractivity contribution >= 4 is 23.9 Å². The van der Waals surface area contributed by atoms with E-state index in [1.54, 1.807) is 18.5 Å². The van der Waals surface area contributed by atoms with Crippen molar-refractivity contribution in [2.45, 2.75) is 31.3 Å². The summed E-state index contributed by atoms with van der Waals surface area (Å²) in [6.07, 6.45) is 4.30. The summed E-state index contributed by atoms with van der Waals surface area (Å²) >= 11 is 1.05. The molecule has 1 aliphatic carbocycles. The molecule has 3 aromatic heterocycles. The topological polar surface area (TPSA) is 107 Å². The highest BCUT2D eigenvalue weighted by atomic mass is 32.2. The fraction of sp³-hybridized carbons (Fsp3) is 0.333. The van der Waals surface area contributed by atoms with Crippen LogP contribution >= 0.6 is 11.8 Å². The van der Waals surface area contributed by atoms with Crippen molar-refractivity contribution in [3.63, 3.8) is 0 Å². The van der Waals surface area contributed by atoms with Crippen LogP contribution in [0.2, 0.25) is 0 Å². The van der Waals surface area contributed by atoms with Crippen molar-refractivity contribution in [1.82, 2.24) is 14.9 Å². The maximum Gasteiger partial charge on any atom is 0.313 e. The minimum atomic E-state index is -0.936. The van der Waals surface area contributed by atoms with E-state index in [1.807, 2.05) is 19.1 Å². The average Bonchev–Trinajstić information content (AvgIpc) is 3.03. The van der Waals surface area contributed by atoms with Gasteiger partial charge in [0.25, 0.3) is 0 Å². The van der Waals surface area contributed by atoms with Gasteiger partial charge in [-0.05, 0) is 37.5 Å². The van der Waals surface area contributed by atoms with Crippen molar-refractivity contribution in [3.05, 3.63) is 41.7 Å². The number of aryl methyl sites for hydroxylation is 1. The van der Waals surface area contributed by atoms with Gasteiger partial charge in [-0.15, -0.1) is 10.2 Å². The standard InChI is InChI=1S/C18H18N4O4S/c1-10-7-14(10)15-4-3-12(26-15)8-19-22-17(13-5-6-25-11(13)2)20-21-18(22)27-9-16(23)24/h3-6,8,10,14H,7,9H2,1-2H3,(H,23,24)/b19-8-/t10-,14-/m1/s1. The monoisotopic (exact) mass is 386 g/mol. The molecule has 0 spiro atoms. The van der Waals surface area contributed by atoms with Crippen molar-refractivity contribution < 1.29 is 18.7 Å². The number of hydrogen-bond donors (Lipinski definition) is 1. The number of hydrogen-bond acceptors (Lipinski definition) is 7. The van der Waals surface area contributed by atoms with E-state index in [0.717, 1.165) is 29.5 Å². The molecule has 1 saturated carbocycles. The van der Waals surface area contributed by atoms with Gasteiger partial charge in [-0.2, -0.15) is 9.78 Å². The minimum Gasteiger partial charge on any atom is -0.481 e. The average molecular weight is 386 g/mol. The Morgan fingerprint density at radius 3 is 2.93 bits per heavy atom. The lowest BCUT2D eigenvalue weighted by Crippen LogP contribution is -2.01. The lowest BCUT2D eigenvalue weighted by atomic mass is 10.2. The Morgan fingerprint density at radius 2 is 2.26 bits per heavy atom. The summed E-state index contributed by atoms with van der Waals surface area (Å²) in [6, 6.07) is 5.63. The Bertz CT molecular complexity index is 1000. The molecule has 27 heavy (non-hydrogen) atoms. The predicted octanol–water partition coefficient (Wildman–Crippen LogP) is 3.62. The zero-order chi connectivity index (χ0) is 19.0. The highest BCUT2D eigenvalue weighted by Gasteiger charge is 2.36. The molecular weight excluding hydrogens is 368 g/mol. The molecule has 0 bridgehead atoms. The lowest BCUT2D eigenvalue weighted by Gasteiger charge is -2.02. The van der Waals surface area contributed by atoms with Crippen LogP contribution in [0.15, 0.2) is 43.6 Å². The molecule has 0 amide bonds. The molecule has 0 radical (unpaired) electrons. The molecule has 9 heteroatoms. The molecule has 0 saturated heterocycles. The highest BCUT2D eigenvalue weighted by molar-refractivity contribution is 7.99. The quantitative estimate of drug-likeness (QED) is 0.488. The second kappa shape index (κ2) is 7.07. The molecule has 1 N–H and O–H groups in total. The third-order valence-corrected chi connectivity index (χ3v) is 5.36. The second-order valence-electron chi connectivity index (χ2n) is 6.50. The molecular formula is C18H18N4O4S. The van der Waals surface area contributed by atoms with Gasteiger partial charge >= 0.3 is 5.97 Å². The molecule has 1 fully saturated rings. The summed E-state index contributed by atoms with van der Waals surface area (Å²) in [6.45, 7) is 4.02. The number of aromatic nitrogens is 3. The first-order chi connectivity index (χ1) is 13.0. The SMILES string of the molecule is Cc1occc1-c1nnc(SCC(=O)O)n1/N=C\c1ccc([C@@H]2C[C@H]2C)o1. The van der Waals surface area contributed by atoms with Crippen LogP contribution in [0.5, 0.6) is 0 Å². The molecule has 3 aromatic rings. The van der Waals surface area contributed by atoms with Crippen LogP contribution in [-0.4, -0.2) is 37.9 Å². The summed E-state index contributed by atoms with van der Waals surface area (Å²) in [5.74, 6) is 2.84. The van der Waals surface area contributed by atoms with Crippen LogP contribution in [0.4, 0.5) is 0 Å². The lowest BCUT2D eigenvalue weighted by molar-refractivity contribution is -0.133. The van der Waals surface area contributed by atoms with Gasteiger partial charge in [0.05, 0.1) is 23.8 Å². The molecule has 0 aromatic carbocycles. The van der Waals surface area contributed by atoms with Gasteiger partial charge in [0.15, 0.2) is 5.82 Å². The van der Waals surface area contributed by atoms with Crippen LogP contribution in [0.1, 0.15) is 36.5 Å². The zero-order valence-corrected chi connectivity index (χ0v) is 15.6. The van der Waals surface area contributed by atoms with Gasteiger partial charge in [0.1, 0.15) is 17.3 Å². The van der Waals surface area contributed by atoms with Crippen LogP contribution in [-0.2, 0) is 4.79 Å². The molecule has 2 atom stereocenters. The van der Waals surface area contributed by atoms with Crippen LogP contribution in [0.25, 0.3) is 11.4 Å². The number of thioether (sulfide) groups is 1. The van der Waals surface area contributed by atoms with Crippen LogP contribution in [0, 0.1) is 12.8 Å². The maximum absolute atomic E-state index is 10.9. The van der Waals surface area contributed by atoms with Crippen LogP contribution in [0.3, 0.4) is 0 Å². The maximum atomic E-state index is 10.9. The van der Waals surface area contributed by atoms with Crippen molar-refractivity contribution in [3.8, 4) is 11.4 Å². The minimum absolute atomic E-state index is 0.136. The Balaban J connectivity index is 1.64. The van der Waals surface area contributed by atoms with Gasteiger partial charge < -0.3 is 13.9 Å². The van der Waals surface area contributed by atoms with E-state index in [0.29, 0.717) is 34.3 Å². The van der Waals surface area contributed by atoms with Crippen molar-refractivity contribution in [1.29, 1.82) is 0 Å². The summed E-state index contributed by atoms with van der Waals surface area (Å²) in [7, 11) is 0. The Hall–Kier alpha value is -2.81. The number of carbonyl (C=O) groups is 1. The fourth-order valence-corrected chi connectivity index (χ4v) is 3.45. The molecule has 0 aliphatic heterocycles. The predicted molar refractivity (Wildman–Crippen MR) is 99.0 cm³/mol. The van der Waals surface area contributed by atoms with E-state index >= 15 is 0 Å². The first kappa shape index (κ1) is 17.6.